The van der Waals surface area contributed by atoms with E-state index in [4.69, 9.17) is 46.1 Å². The lowest BCUT2D eigenvalue weighted by molar-refractivity contribution is 0.132. The number of para-hydroxylation sites is 8. The van der Waals surface area contributed by atoms with Gasteiger partial charge < -0.3 is 37.0 Å². The Labute approximate surface area is 354 Å². The second-order valence-corrected chi connectivity index (χ2v) is 14.6. The van der Waals surface area contributed by atoms with Gasteiger partial charge in [0.25, 0.3) is 0 Å². The van der Waals surface area contributed by atoms with Crippen molar-refractivity contribution in [2.45, 2.75) is 5.60 Å². The van der Waals surface area contributed by atoms with Crippen LogP contribution in [0.5, 0.6) is 46.0 Å². The summed E-state index contributed by atoms with van der Waals surface area (Å²) in [6.45, 7) is 0. The number of hydrogen-bond acceptors (Lipinski definition) is 10. The van der Waals surface area contributed by atoms with Crippen LogP contribution in [-0.2, 0) is 14.6 Å². The summed E-state index contributed by atoms with van der Waals surface area (Å²) in [5.74, 6) is 4.25. The van der Waals surface area contributed by atoms with Gasteiger partial charge in [0, 0.05) is 12.7 Å². The van der Waals surface area contributed by atoms with Crippen LogP contribution in [0.4, 0.5) is 0 Å². The van der Waals surface area contributed by atoms with Crippen LogP contribution in [0.15, 0.2) is 188 Å². The Morgan fingerprint density at radius 2 is 0.650 bits per heavy atom. The van der Waals surface area contributed by atoms with Crippen LogP contribution in [0.3, 0.4) is 0 Å². The molecule has 0 spiro atoms. The largest absolute Gasteiger partial charge is 0.497 e. The zero-order valence-corrected chi connectivity index (χ0v) is 35.7. The summed E-state index contributed by atoms with van der Waals surface area (Å²) in [6, 6.07) is 59.0. The monoisotopic (exact) mass is 844 g/mol. The van der Waals surface area contributed by atoms with E-state index in [9.17, 15) is 0 Å². The fourth-order valence-corrected chi connectivity index (χ4v) is 8.12. The summed E-state index contributed by atoms with van der Waals surface area (Å²) in [4.78, 5) is 0. The molecule has 0 amide bonds. The van der Waals surface area contributed by atoms with Crippen LogP contribution in [-0.4, -0.2) is 35.5 Å². The Kier molecular flexibility index (Phi) is 16.0. The molecule has 0 N–H and O–H groups in total. The molecule has 0 radical (unpaired) electrons. The normalized spacial score (nSPS) is 11.3. The highest BCUT2D eigenvalue weighted by Gasteiger charge is 2.45. The molecule has 308 valence electrons. The van der Waals surface area contributed by atoms with E-state index >= 15 is 0 Å². The van der Waals surface area contributed by atoms with E-state index in [2.05, 4.69) is 0 Å². The lowest BCUT2D eigenvalue weighted by atomic mass is 9.80. The van der Waals surface area contributed by atoms with Gasteiger partial charge >= 0.3 is 17.2 Å². The molecule has 0 bridgehead atoms. The molecule has 0 aliphatic rings. The molecule has 0 fully saturated rings. The van der Waals surface area contributed by atoms with Crippen LogP contribution in [0, 0.1) is 0 Å². The molecule has 10 nitrogen and oxygen atoms in total. The third kappa shape index (κ3) is 10.9. The van der Waals surface area contributed by atoms with Gasteiger partial charge in [-0.2, -0.15) is 0 Å². The lowest BCUT2D eigenvalue weighted by Gasteiger charge is -2.38. The molecule has 7 rings (SSSR count). The van der Waals surface area contributed by atoms with Crippen molar-refractivity contribution in [3.05, 3.63) is 205 Å². The number of ether oxygens (including phenoxy) is 4. The van der Waals surface area contributed by atoms with E-state index in [1.54, 1.807) is 46.6 Å². The minimum atomic E-state index is -2.29. The van der Waals surface area contributed by atoms with Gasteiger partial charge in [-0.3, -0.25) is 9.05 Å². The molecule has 0 aromatic heterocycles. The summed E-state index contributed by atoms with van der Waals surface area (Å²) in [6.07, 6.45) is 0. The molecule has 7 aromatic rings. The fourth-order valence-electron chi connectivity index (χ4n) is 6.04. The van der Waals surface area contributed by atoms with Gasteiger partial charge in [0.05, 0.1) is 28.4 Å². The highest BCUT2D eigenvalue weighted by molar-refractivity contribution is 7.43. The average Bonchev–Trinajstić information content (AvgIpc) is 3.32. The van der Waals surface area contributed by atoms with Crippen LogP contribution >= 0.6 is 17.2 Å². The highest BCUT2D eigenvalue weighted by atomic mass is 31.2. The zero-order valence-electron chi connectivity index (χ0n) is 33.9. The topological polar surface area (TPSA) is 92.3 Å². The van der Waals surface area contributed by atoms with Crippen LogP contribution in [0.2, 0.25) is 0 Å². The first-order valence-corrected chi connectivity index (χ1v) is 21.0. The first kappa shape index (κ1) is 43.3. The molecule has 0 aliphatic carbocycles. The minimum absolute atomic E-state index is 0.429. The summed E-state index contributed by atoms with van der Waals surface area (Å²) in [7, 11) is 3.68. The summed E-state index contributed by atoms with van der Waals surface area (Å²) in [5.41, 5.74) is 0.822. The Morgan fingerprint density at radius 3 is 1.03 bits per heavy atom. The maximum absolute atomic E-state index is 7.35. The lowest BCUT2D eigenvalue weighted by Crippen LogP contribution is -2.33. The van der Waals surface area contributed by atoms with E-state index in [0.717, 1.165) is 16.9 Å². The maximum atomic E-state index is 7.35. The molecule has 60 heavy (non-hydrogen) atoms. The fraction of sp³-hybridized carbons (Fsp3) is 0.125. The van der Waals surface area contributed by atoms with Gasteiger partial charge in [-0.1, -0.05) is 133 Å². The molecule has 0 aliphatic heterocycles. The van der Waals surface area contributed by atoms with E-state index in [1.165, 1.54) is 7.11 Å². The van der Waals surface area contributed by atoms with Gasteiger partial charge in [0.1, 0.15) is 11.5 Å². The van der Waals surface area contributed by atoms with Crippen molar-refractivity contribution in [1.29, 1.82) is 0 Å². The second kappa shape index (κ2) is 22.2. The molecule has 12 heteroatoms. The van der Waals surface area contributed by atoms with Crippen molar-refractivity contribution in [2.24, 2.45) is 0 Å². The summed E-state index contributed by atoms with van der Waals surface area (Å²) < 4.78 is 61.0. The van der Waals surface area contributed by atoms with Crippen molar-refractivity contribution in [1.82, 2.24) is 0 Å². The average molecular weight is 845 g/mol. The Bertz CT molecular complexity index is 2250. The molecule has 0 saturated carbocycles. The smallest absolute Gasteiger partial charge is 0.464 e. The van der Waals surface area contributed by atoms with E-state index in [0.29, 0.717) is 45.8 Å². The number of rotatable bonds is 18. The Hall–Kier alpha value is -6.28. The van der Waals surface area contributed by atoms with Gasteiger partial charge in [0.15, 0.2) is 40.1 Å². The van der Waals surface area contributed by atoms with E-state index in [-0.39, 0.29) is 0 Å². The van der Waals surface area contributed by atoms with Crippen molar-refractivity contribution in [3.63, 3.8) is 0 Å². The maximum Gasteiger partial charge on any atom is 0.464 e. The summed E-state index contributed by atoms with van der Waals surface area (Å²) in [5, 5.41) is 0. The van der Waals surface area contributed by atoms with Crippen LogP contribution in [0.25, 0.3) is 0 Å². The SMILES string of the molecule is COc1ccccc1.COc1ccccc1OP(OC)Oc1ccccc1C(OP(Oc1ccccc1OC)Oc1ccccc1OC)(c1ccccc1)c1ccccc1. The Balaban J connectivity index is 0.000000676. The van der Waals surface area contributed by atoms with Crippen molar-refractivity contribution >= 4 is 17.2 Å². The third-order valence-electron chi connectivity index (χ3n) is 8.87. The minimum Gasteiger partial charge on any atom is -0.497 e. The number of hydrogen-bond donors (Lipinski definition) is 0. The third-order valence-corrected chi connectivity index (χ3v) is 11.0. The molecule has 0 saturated heterocycles. The molecule has 1 unspecified atom stereocenters. The summed E-state index contributed by atoms with van der Waals surface area (Å²) >= 11 is 0. The predicted octanol–water partition coefficient (Wildman–Crippen LogP) is 12.4. The first-order valence-electron chi connectivity index (χ1n) is 18.8. The van der Waals surface area contributed by atoms with Crippen LogP contribution in [0.1, 0.15) is 16.7 Å². The highest BCUT2D eigenvalue weighted by Crippen LogP contribution is 2.57. The number of benzene rings is 7. The van der Waals surface area contributed by atoms with Gasteiger partial charge in [-0.05, 0) is 65.7 Å². The number of methoxy groups -OCH3 is 4. The van der Waals surface area contributed by atoms with Crippen molar-refractivity contribution < 1.29 is 46.1 Å². The molecule has 7 aromatic carbocycles. The quantitative estimate of drug-likeness (QED) is 0.0614. The van der Waals surface area contributed by atoms with E-state index in [1.807, 2.05) is 170 Å². The van der Waals surface area contributed by atoms with E-state index < -0.39 is 22.8 Å². The Morgan fingerprint density at radius 1 is 0.317 bits per heavy atom. The van der Waals surface area contributed by atoms with Gasteiger partial charge in [0.2, 0.25) is 0 Å². The van der Waals surface area contributed by atoms with Crippen LogP contribution < -0.4 is 37.0 Å². The van der Waals surface area contributed by atoms with Crippen molar-refractivity contribution in [2.75, 3.05) is 35.5 Å². The molecular formula is C48H46O10P2. The molecule has 0 heterocycles. The second-order valence-electron chi connectivity index (χ2n) is 12.5. The standard InChI is InChI=1S/C41H38O9P2.C7H8O/c1-42-35-25-13-16-28-38(35)47-51(45-4)46-34-24-12-11-23-33(34)41(31-19-7-5-8-20-31,32-21-9-6-10-22-32)50-52(48-39-29-17-14-26-36(39)43-2)49-40-30-18-15-27-37(40)44-3;1-8-7-5-3-2-4-6-7/h5-30H,1-4H3;2-6H,1H3. The van der Waals surface area contributed by atoms with Gasteiger partial charge in [-0.25, -0.2) is 0 Å². The predicted molar refractivity (Wildman–Crippen MR) is 236 cm³/mol. The first-order chi connectivity index (χ1) is 29.5. The molecule has 1 atom stereocenters. The molecular weight excluding hydrogens is 798 g/mol. The zero-order chi connectivity index (χ0) is 42.0. The van der Waals surface area contributed by atoms with Gasteiger partial charge in [-0.15, -0.1) is 0 Å². The van der Waals surface area contributed by atoms with Crippen molar-refractivity contribution in [3.8, 4) is 46.0 Å².